The molecule has 0 saturated carbocycles. The number of para-hydroxylation sites is 2. The average molecular weight is 469 g/mol. The number of nitrogens with zero attached hydrogens (tertiary/aromatic N) is 2. The molecule has 1 atom stereocenters. The van der Waals surface area contributed by atoms with E-state index in [1.807, 2.05) is 0 Å². The highest BCUT2D eigenvalue weighted by Crippen LogP contribution is 2.25. The lowest BCUT2D eigenvalue weighted by molar-refractivity contribution is 0.0606. The van der Waals surface area contributed by atoms with Gasteiger partial charge in [-0.25, -0.2) is 18.0 Å². The molecule has 34 heavy (non-hydrogen) atoms. The van der Waals surface area contributed by atoms with Gasteiger partial charge in [0.05, 0.1) is 31.6 Å². The summed E-state index contributed by atoms with van der Waals surface area (Å²) < 4.78 is 46.6. The van der Waals surface area contributed by atoms with Crippen LogP contribution in [0.15, 0.2) is 71.9 Å². The highest BCUT2D eigenvalue weighted by atomic mass is 19.1. The van der Waals surface area contributed by atoms with E-state index in [9.17, 15) is 18.0 Å². The van der Waals surface area contributed by atoms with Gasteiger partial charge in [0.2, 0.25) is 0 Å². The van der Waals surface area contributed by atoms with Crippen LogP contribution < -0.4 is 10.1 Å². The molecule has 0 aromatic heterocycles. The minimum atomic E-state index is -0.765. The van der Waals surface area contributed by atoms with Gasteiger partial charge < -0.3 is 19.8 Å². The molecule has 6 nitrogen and oxygen atoms in total. The highest BCUT2D eigenvalue weighted by Gasteiger charge is 2.28. The zero-order valence-corrected chi connectivity index (χ0v) is 18.3. The number of hydrogen-bond acceptors (Lipinski definition) is 4. The highest BCUT2D eigenvalue weighted by molar-refractivity contribution is 6.01. The fourth-order valence-electron chi connectivity index (χ4n) is 3.63. The van der Waals surface area contributed by atoms with Gasteiger partial charge >= 0.3 is 6.03 Å². The minimum absolute atomic E-state index is 0.0557. The number of carbonyl (C=O) groups is 1. The molecular formula is C25H22F3N3O3. The van der Waals surface area contributed by atoms with Gasteiger partial charge in [-0.2, -0.15) is 0 Å². The number of rotatable bonds is 7. The van der Waals surface area contributed by atoms with Crippen LogP contribution in [-0.2, 0) is 11.4 Å². The summed E-state index contributed by atoms with van der Waals surface area (Å²) in [7, 11) is 1.48. The molecule has 1 N–H and O–H groups in total. The fraction of sp³-hybridized carbons (Fsp3) is 0.200. The van der Waals surface area contributed by atoms with Gasteiger partial charge in [-0.3, -0.25) is 0 Å². The van der Waals surface area contributed by atoms with Crippen LogP contribution in [0, 0.1) is 17.5 Å². The van der Waals surface area contributed by atoms with Crippen molar-refractivity contribution in [1.82, 2.24) is 4.90 Å². The Bertz CT molecular complexity index is 1220. The van der Waals surface area contributed by atoms with E-state index < -0.39 is 29.6 Å². The maximum atomic E-state index is 14.3. The standard InChI is InChI=1S/C25H22F3N3O3/c1-33-24-8-3-2-7-22(24)29-25(32)31(14-17-9-10-19(27)12-21(17)28)15-20-13-23(30-34-20)16-5-4-6-18(26)11-16/h2-12,20H,13-15H2,1H3,(H,29,32). The number of hydrogen-bond donors (Lipinski definition) is 1. The van der Waals surface area contributed by atoms with E-state index in [1.54, 1.807) is 36.4 Å². The molecule has 1 aliphatic heterocycles. The monoisotopic (exact) mass is 469 g/mol. The third-order valence-electron chi connectivity index (χ3n) is 5.33. The van der Waals surface area contributed by atoms with Crippen LogP contribution in [0.2, 0.25) is 0 Å². The third-order valence-corrected chi connectivity index (χ3v) is 5.33. The molecule has 1 aliphatic rings. The van der Waals surface area contributed by atoms with Gasteiger partial charge in [0, 0.05) is 23.6 Å². The fourth-order valence-corrected chi connectivity index (χ4v) is 3.63. The van der Waals surface area contributed by atoms with E-state index in [0.29, 0.717) is 29.1 Å². The molecule has 1 heterocycles. The van der Waals surface area contributed by atoms with Crippen LogP contribution in [0.25, 0.3) is 0 Å². The van der Waals surface area contributed by atoms with Crippen molar-refractivity contribution in [2.75, 3.05) is 19.0 Å². The number of carbonyl (C=O) groups excluding carboxylic acids is 1. The van der Waals surface area contributed by atoms with Gasteiger partial charge in [-0.05, 0) is 30.3 Å². The second-order valence-electron chi connectivity index (χ2n) is 7.73. The first-order valence-corrected chi connectivity index (χ1v) is 10.5. The largest absolute Gasteiger partial charge is 0.495 e. The van der Waals surface area contributed by atoms with Gasteiger partial charge in [0.25, 0.3) is 0 Å². The number of anilines is 1. The molecule has 0 bridgehead atoms. The second-order valence-corrected chi connectivity index (χ2v) is 7.73. The summed E-state index contributed by atoms with van der Waals surface area (Å²) in [6, 6.07) is 15.5. The van der Waals surface area contributed by atoms with Crippen molar-refractivity contribution in [2.45, 2.75) is 19.1 Å². The lowest BCUT2D eigenvalue weighted by atomic mass is 10.0. The average Bonchev–Trinajstić information content (AvgIpc) is 3.29. The molecule has 3 aromatic carbocycles. The lowest BCUT2D eigenvalue weighted by Crippen LogP contribution is -2.40. The number of benzene rings is 3. The van der Waals surface area contributed by atoms with Crippen molar-refractivity contribution >= 4 is 17.4 Å². The quantitative estimate of drug-likeness (QED) is 0.508. The Morgan fingerprint density at radius 2 is 1.88 bits per heavy atom. The van der Waals surface area contributed by atoms with Crippen LogP contribution in [0.1, 0.15) is 17.5 Å². The number of halogens is 3. The molecule has 9 heteroatoms. The molecule has 4 rings (SSSR count). The summed E-state index contributed by atoms with van der Waals surface area (Å²) in [4.78, 5) is 20.0. The molecule has 0 aliphatic carbocycles. The van der Waals surface area contributed by atoms with Gasteiger partial charge in [0.1, 0.15) is 23.2 Å². The van der Waals surface area contributed by atoms with Crippen LogP contribution in [-0.4, -0.2) is 36.4 Å². The predicted molar refractivity (Wildman–Crippen MR) is 121 cm³/mol. The van der Waals surface area contributed by atoms with Crippen molar-refractivity contribution in [3.05, 3.63) is 95.3 Å². The Morgan fingerprint density at radius 3 is 2.65 bits per heavy atom. The van der Waals surface area contributed by atoms with Crippen molar-refractivity contribution in [1.29, 1.82) is 0 Å². The molecule has 0 spiro atoms. The Morgan fingerprint density at radius 1 is 1.09 bits per heavy atom. The first-order valence-electron chi connectivity index (χ1n) is 10.5. The summed E-state index contributed by atoms with van der Waals surface area (Å²) in [5.74, 6) is -1.41. The number of urea groups is 1. The maximum absolute atomic E-state index is 14.3. The Labute approximate surface area is 194 Å². The van der Waals surface area contributed by atoms with E-state index in [0.717, 1.165) is 12.1 Å². The zero-order chi connectivity index (χ0) is 24.1. The molecular weight excluding hydrogens is 447 g/mol. The molecule has 0 fully saturated rings. The van der Waals surface area contributed by atoms with Crippen molar-refractivity contribution in [3.8, 4) is 5.75 Å². The number of oxime groups is 1. The van der Waals surface area contributed by atoms with Crippen LogP contribution in [0.3, 0.4) is 0 Å². The molecule has 2 amide bonds. The smallest absolute Gasteiger partial charge is 0.322 e. The molecule has 0 saturated heterocycles. The SMILES string of the molecule is COc1ccccc1NC(=O)N(Cc1ccc(F)cc1F)CC1CC(c2cccc(F)c2)=NO1. The Balaban J connectivity index is 1.52. The van der Waals surface area contributed by atoms with Crippen molar-refractivity contribution < 1.29 is 27.5 Å². The van der Waals surface area contributed by atoms with Crippen LogP contribution in [0.4, 0.5) is 23.7 Å². The van der Waals surface area contributed by atoms with Crippen molar-refractivity contribution in [2.24, 2.45) is 5.16 Å². The Hall–Kier alpha value is -4.01. The zero-order valence-electron chi connectivity index (χ0n) is 18.3. The van der Waals surface area contributed by atoms with Crippen LogP contribution in [0.5, 0.6) is 5.75 Å². The van der Waals surface area contributed by atoms with Crippen molar-refractivity contribution in [3.63, 3.8) is 0 Å². The molecule has 0 radical (unpaired) electrons. The van der Waals surface area contributed by atoms with E-state index in [4.69, 9.17) is 9.57 Å². The van der Waals surface area contributed by atoms with E-state index in [1.165, 1.54) is 30.2 Å². The topological polar surface area (TPSA) is 63.2 Å². The number of ether oxygens (including phenoxy) is 1. The molecule has 3 aromatic rings. The first-order chi connectivity index (χ1) is 16.4. The van der Waals surface area contributed by atoms with Gasteiger partial charge in [0.15, 0.2) is 6.10 Å². The predicted octanol–water partition coefficient (Wildman–Crippen LogP) is 5.34. The Kier molecular flexibility index (Phi) is 7.01. The number of methoxy groups -OCH3 is 1. The maximum Gasteiger partial charge on any atom is 0.322 e. The number of amides is 2. The normalized spacial score (nSPS) is 14.8. The molecule has 176 valence electrons. The summed E-state index contributed by atoms with van der Waals surface area (Å²) >= 11 is 0. The van der Waals surface area contributed by atoms with E-state index in [2.05, 4.69) is 10.5 Å². The minimum Gasteiger partial charge on any atom is -0.495 e. The first kappa shape index (κ1) is 23.2. The van der Waals surface area contributed by atoms with E-state index >= 15 is 0 Å². The van der Waals surface area contributed by atoms with E-state index in [-0.39, 0.29) is 18.7 Å². The summed E-state index contributed by atoms with van der Waals surface area (Å²) in [6.07, 6.45) is -0.210. The number of nitrogens with one attached hydrogen (secondary N) is 1. The van der Waals surface area contributed by atoms with Gasteiger partial charge in [-0.1, -0.05) is 35.5 Å². The molecule has 1 unspecified atom stereocenters. The summed E-state index contributed by atoms with van der Waals surface area (Å²) in [5, 5.41) is 6.80. The van der Waals surface area contributed by atoms with Gasteiger partial charge in [-0.15, -0.1) is 0 Å². The van der Waals surface area contributed by atoms with Crippen LogP contribution >= 0.6 is 0 Å². The lowest BCUT2D eigenvalue weighted by Gasteiger charge is -2.26. The summed E-state index contributed by atoms with van der Waals surface area (Å²) in [5.41, 5.74) is 1.70. The third kappa shape index (κ3) is 5.48. The summed E-state index contributed by atoms with van der Waals surface area (Å²) in [6.45, 7) is -0.0810. The second kappa shape index (κ2) is 10.3.